The number of hydrogen-bond donors (Lipinski definition) is 2. The van der Waals surface area contributed by atoms with E-state index in [1.807, 2.05) is 0 Å². The van der Waals surface area contributed by atoms with E-state index in [1.165, 1.54) is 66.8 Å². The van der Waals surface area contributed by atoms with Crippen LogP contribution in [0.4, 0.5) is 0 Å². The zero-order chi connectivity index (χ0) is 32.2. The van der Waals surface area contributed by atoms with E-state index in [0.29, 0.717) is 29.4 Å². The lowest BCUT2D eigenvalue weighted by molar-refractivity contribution is 0.280. The van der Waals surface area contributed by atoms with Gasteiger partial charge in [0.2, 0.25) is 0 Å². The molecule has 0 aromatic heterocycles. The van der Waals surface area contributed by atoms with Gasteiger partial charge in [0.05, 0.1) is 7.11 Å². The van der Waals surface area contributed by atoms with Crippen molar-refractivity contribution in [2.24, 2.45) is 0 Å². The summed E-state index contributed by atoms with van der Waals surface area (Å²) in [6, 6.07) is 27.8. The van der Waals surface area contributed by atoms with Crippen LogP contribution in [-0.4, -0.2) is 16.9 Å². The van der Waals surface area contributed by atoms with Crippen molar-refractivity contribution >= 4 is 7.82 Å². The first-order valence-electron chi connectivity index (χ1n) is 17.9. The Morgan fingerprint density at radius 1 is 0.469 bits per heavy atom. The number of ether oxygens (including phenoxy) is 1. The summed E-state index contributed by atoms with van der Waals surface area (Å²) >= 11 is 0. The predicted octanol–water partition coefficient (Wildman–Crippen LogP) is 9.09. The molecular formula is C43H33O5P. The molecule has 8 aliphatic rings. The molecule has 5 nitrogen and oxygen atoms in total. The summed E-state index contributed by atoms with van der Waals surface area (Å²) in [5.74, 6) is 3.43. The second-order valence-electron chi connectivity index (χ2n) is 15.9. The highest BCUT2D eigenvalue weighted by molar-refractivity contribution is 7.46. The number of benzene rings is 5. The molecule has 0 amide bonds. The topological polar surface area (TPSA) is 76.0 Å². The summed E-state index contributed by atoms with van der Waals surface area (Å²) < 4.78 is 25.2. The normalized spacial score (nSPS) is 29.7. The van der Waals surface area contributed by atoms with Gasteiger partial charge in [0.25, 0.3) is 0 Å². The Kier molecular flexibility index (Phi) is 4.58. The SMILES string of the molecule is COc1c2c(c(OP(=O)(O)O)c3c1C1CC3c3cc4c(cc31)C1CC4c3ccccc31)C1CC2c2cc3c(cc21)C1CC3c2ccccc21. The zero-order valence-corrected chi connectivity index (χ0v) is 27.8. The van der Waals surface area contributed by atoms with Crippen molar-refractivity contribution in [3.8, 4) is 11.5 Å². The van der Waals surface area contributed by atoms with Gasteiger partial charge in [-0.1, -0.05) is 72.8 Å². The molecule has 5 aromatic rings. The maximum Gasteiger partial charge on any atom is 0.524 e. The Labute approximate surface area is 284 Å². The van der Waals surface area contributed by atoms with Gasteiger partial charge in [0, 0.05) is 69.6 Å². The molecule has 13 rings (SSSR count). The highest BCUT2D eigenvalue weighted by atomic mass is 31.2. The minimum absolute atomic E-state index is 0.0290. The standard InChI is InChI=1S/C43H33O5P/c1-47-42-38-34-16-36(32-14-28-24-10-22(26(28)12-30(32)34)18-6-2-4-8-20(18)24)40(38)43(48-49(44,45)46)41-37-17-35(39(41)42)31-13-27-23-11-25(29(27)15-33(31)37)21-9-5-3-7-19(21)23/h2-9,12-15,22-25,34-37H,10-11,16-17H2,1H3,(H2,44,45,46). The average molecular weight is 661 g/mol. The molecule has 8 atom stereocenters. The van der Waals surface area contributed by atoms with E-state index in [2.05, 4.69) is 72.8 Å². The van der Waals surface area contributed by atoms with Gasteiger partial charge in [-0.3, -0.25) is 9.79 Å². The van der Waals surface area contributed by atoms with Crippen molar-refractivity contribution < 1.29 is 23.6 Å². The summed E-state index contributed by atoms with van der Waals surface area (Å²) in [5.41, 5.74) is 21.2. The molecule has 8 aliphatic carbocycles. The minimum atomic E-state index is -4.85. The Hall–Kier alpha value is -4.15. The van der Waals surface area contributed by atoms with Gasteiger partial charge < -0.3 is 9.26 Å². The number of methoxy groups -OCH3 is 1. The van der Waals surface area contributed by atoms with Gasteiger partial charge in [-0.25, -0.2) is 4.57 Å². The molecule has 2 N–H and O–H groups in total. The van der Waals surface area contributed by atoms with Crippen LogP contribution in [0.5, 0.6) is 11.5 Å². The molecule has 240 valence electrons. The first kappa shape index (κ1) is 26.7. The van der Waals surface area contributed by atoms with Crippen molar-refractivity contribution in [2.75, 3.05) is 7.11 Å². The minimum Gasteiger partial charge on any atom is -0.496 e. The number of rotatable bonds is 3. The van der Waals surface area contributed by atoms with E-state index >= 15 is 0 Å². The summed E-state index contributed by atoms with van der Waals surface area (Å²) in [6.07, 6.45) is 4.07. The van der Waals surface area contributed by atoms with Crippen molar-refractivity contribution in [2.45, 2.75) is 73.0 Å². The zero-order valence-electron chi connectivity index (χ0n) is 26.9. The first-order chi connectivity index (χ1) is 23.9. The Balaban J connectivity index is 1.01. The summed E-state index contributed by atoms with van der Waals surface area (Å²) in [6.45, 7) is 0. The van der Waals surface area contributed by atoms with Gasteiger partial charge >= 0.3 is 7.82 Å². The number of hydrogen-bond acceptors (Lipinski definition) is 3. The predicted molar refractivity (Wildman–Crippen MR) is 185 cm³/mol. The highest BCUT2D eigenvalue weighted by Gasteiger charge is 2.55. The molecule has 0 radical (unpaired) electrons. The van der Waals surface area contributed by atoms with Crippen molar-refractivity contribution in [1.29, 1.82) is 0 Å². The molecule has 0 spiro atoms. The molecule has 0 aliphatic heterocycles. The van der Waals surface area contributed by atoms with Crippen LogP contribution in [0.3, 0.4) is 0 Å². The van der Waals surface area contributed by atoms with Crippen molar-refractivity contribution in [1.82, 2.24) is 0 Å². The fourth-order valence-electron chi connectivity index (χ4n) is 12.9. The quantitative estimate of drug-likeness (QED) is 0.189. The van der Waals surface area contributed by atoms with E-state index in [4.69, 9.17) is 9.26 Å². The maximum absolute atomic E-state index is 12.8. The van der Waals surface area contributed by atoms with Gasteiger partial charge in [-0.2, -0.15) is 0 Å². The average Bonchev–Trinajstić information content (AvgIpc) is 3.97. The molecule has 0 fully saturated rings. The molecule has 6 heteroatoms. The summed E-state index contributed by atoms with van der Waals surface area (Å²) in [5, 5.41) is 0. The van der Waals surface area contributed by atoms with Crippen LogP contribution in [0, 0.1) is 0 Å². The van der Waals surface area contributed by atoms with Gasteiger partial charge in [0.15, 0.2) is 0 Å². The summed E-state index contributed by atoms with van der Waals surface area (Å²) in [4.78, 5) is 20.9. The first-order valence-corrected chi connectivity index (χ1v) is 19.5. The third-order valence-electron chi connectivity index (χ3n) is 14.3. The molecule has 0 saturated carbocycles. The van der Waals surface area contributed by atoms with Crippen LogP contribution in [0.2, 0.25) is 0 Å². The lowest BCUT2D eigenvalue weighted by Gasteiger charge is -2.32. The highest BCUT2D eigenvalue weighted by Crippen LogP contribution is 2.72. The molecule has 0 saturated heterocycles. The van der Waals surface area contributed by atoms with E-state index in [9.17, 15) is 14.4 Å². The van der Waals surface area contributed by atoms with E-state index in [1.54, 1.807) is 7.11 Å². The number of phosphoric ester groups is 1. The fourth-order valence-corrected chi connectivity index (χ4v) is 13.3. The van der Waals surface area contributed by atoms with Crippen LogP contribution >= 0.6 is 7.82 Å². The lowest BCUT2D eigenvalue weighted by Crippen LogP contribution is -2.16. The Morgan fingerprint density at radius 3 is 1.06 bits per heavy atom. The largest absolute Gasteiger partial charge is 0.524 e. The third-order valence-corrected chi connectivity index (χ3v) is 14.7. The van der Waals surface area contributed by atoms with Gasteiger partial charge in [0.1, 0.15) is 11.5 Å². The molecule has 0 heterocycles. The van der Waals surface area contributed by atoms with Crippen LogP contribution in [0.1, 0.15) is 162 Å². The number of fused-ring (bicyclic) bond motifs is 32. The Morgan fingerprint density at radius 2 is 0.755 bits per heavy atom. The fraction of sp³-hybridized carbons (Fsp3) is 0.302. The Bertz CT molecular complexity index is 2340. The van der Waals surface area contributed by atoms with Crippen LogP contribution in [0.25, 0.3) is 0 Å². The van der Waals surface area contributed by atoms with E-state index in [0.717, 1.165) is 53.7 Å². The number of phosphoric acid groups is 1. The van der Waals surface area contributed by atoms with Gasteiger partial charge in [-0.05, 0) is 92.4 Å². The van der Waals surface area contributed by atoms with Crippen LogP contribution in [0.15, 0.2) is 72.8 Å². The lowest BCUT2D eigenvalue weighted by atomic mass is 9.74. The molecule has 49 heavy (non-hydrogen) atoms. The molecule has 8 bridgehead atoms. The van der Waals surface area contributed by atoms with Crippen LogP contribution < -0.4 is 9.26 Å². The smallest absolute Gasteiger partial charge is 0.496 e. The van der Waals surface area contributed by atoms with Crippen LogP contribution in [-0.2, 0) is 4.57 Å². The summed E-state index contributed by atoms with van der Waals surface area (Å²) in [7, 11) is -3.06. The van der Waals surface area contributed by atoms with Crippen molar-refractivity contribution in [3.05, 3.63) is 162 Å². The third kappa shape index (κ3) is 2.97. The maximum atomic E-state index is 12.8. The monoisotopic (exact) mass is 660 g/mol. The van der Waals surface area contributed by atoms with Gasteiger partial charge in [-0.15, -0.1) is 0 Å². The second-order valence-corrected chi connectivity index (χ2v) is 17.1. The van der Waals surface area contributed by atoms with E-state index in [-0.39, 0.29) is 23.7 Å². The second kappa shape index (κ2) is 8.41. The molecular weight excluding hydrogens is 627 g/mol. The molecule has 8 unspecified atom stereocenters. The van der Waals surface area contributed by atoms with E-state index < -0.39 is 7.82 Å². The molecule has 5 aromatic carbocycles. The van der Waals surface area contributed by atoms with Crippen molar-refractivity contribution in [3.63, 3.8) is 0 Å².